The second kappa shape index (κ2) is 3.47. The standard InChI is InChI=1S/C7H11N3O2S2/c11-14(12)2-1-6(4-14)3-10-5-8-9-7(10)13/h5-6H,1-4H2,(H,9,13). The maximum Gasteiger partial charge on any atom is 0.194 e. The lowest BCUT2D eigenvalue weighted by atomic mass is 10.1. The van der Waals surface area contributed by atoms with E-state index >= 15 is 0 Å². The van der Waals surface area contributed by atoms with E-state index in [4.69, 9.17) is 12.2 Å². The summed E-state index contributed by atoms with van der Waals surface area (Å²) in [7, 11) is -2.79. The molecular formula is C7H11N3O2S2. The van der Waals surface area contributed by atoms with E-state index in [9.17, 15) is 8.42 Å². The molecule has 1 aliphatic heterocycles. The molecule has 2 heterocycles. The molecule has 2 rings (SSSR count). The van der Waals surface area contributed by atoms with Gasteiger partial charge in [0.25, 0.3) is 0 Å². The average molecular weight is 233 g/mol. The highest BCUT2D eigenvalue weighted by Crippen LogP contribution is 2.19. The zero-order valence-corrected chi connectivity index (χ0v) is 9.14. The molecule has 0 saturated carbocycles. The second-order valence-electron chi connectivity index (χ2n) is 3.58. The van der Waals surface area contributed by atoms with Crippen molar-refractivity contribution in [3.63, 3.8) is 0 Å². The Morgan fingerprint density at radius 1 is 1.71 bits per heavy atom. The third-order valence-corrected chi connectivity index (χ3v) is 4.56. The Bertz CT molecular complexity index is 473. The molecule has 1 unspecified atom stereocenters. The fourth-order valence-electron chi connectivity index (χ4n) is 1.69. The number of nitrogens with one attached hydrogen (secondary N) is 1. The quantitative estimate of drug-likeness (QED) is 0.750. The summed E-state index contributed by atoms with van der Waals surface area (Å²) in [6.45, 7) is 0.647. The van der Waals surface area contributed by atoms with Crippen LogP contribution in [-0.2, 0) is 16.4 Å². The SMILES string of the molecule is O=S1(=O)CCC(Cn2cn[nH]c2=S)C1. The van der Waals surface area contributed by atoms with Gasteiger partial charge in [0, 0.05) is 6.54 Å². The molecule has 0 aromatic carbocycles. The first kappa shape index (κ1) is 9.85. The summed E-state index contributed by atoms with van der Waals surface area (Å²) in [5, 5.41) is 6.43. The maximum atomic E-state index is 11.2. The summed E-state index contributed by atoms with van der Waals surface area (Å²) < 4.78 is 24.7. The molecule has 0 radical (unpaired) electrons. The monoisotopic (exact) mass is 233 g/mol. The van der Waals surface area contributed by atoms with Gasteiger partial charge in [-0.05, 0) is 24.6 Å². The van der Waals surface area contributed by atoms with Crippen LogP contribution >= 0.6 is 12.2 Å². The van der Waals surface area contributed by atoms with Crippen LogP contribution in [0.2, 0.25) is 0 Å². The number of aromatic amines is 1. The Hall–Kier alpha value is -0.690. The first-order valence-corrected chi connectivity index (χ1v) is 6.60. The van der Waals surface area contributed by atoms with Gasteiger partial charge in [-0.3, -0.25) is 5.10 Å². The highest BCUT2D eigenvalue weighted by molar-refractivity contribution is 7.91. The Labute approximate surface area is 87.1 Å². The third-order valence-electron chi connectivity index (χ3n) is 2.40. The van der Waals surface area contributed by atoms with Gasteiger partial charge in [0.15, 0.2) is 14.6 Å². The minimum atomic E-state index is -2.79. The molecule has 0 bridgehead atoms. The van der Waals surface area contributed by atoms with Crippen LogP contribution in [0.1, 0.15) is 6.42 Å². The molecule has 1 atom stereocenters. The molecule has 78 valence electrons. The lowest BCUT2D eigenvalue weighted by molar-refractivity contribution is 0.486. The topological polar surface area (TPSA) is 67.8 Å². The van der Waals surface area contributed by atoms with Gasteiger partial charge in [0.2, 0.25) is 0 Å². The van der Waals surface area contributed by atoms with Gasteiger partial charge in [-0.15, -0.1) is 0 Å². The molecule has 0 amide bonds. The van der Waals surface area contributed by atoms with Gasteiger partial charge < -0.3 is 4.57 Å². The van der Waals surface area contributed by atoms with Gasteiger partial charge in [0.1, 0.15) is 6.33 Å². The minimum Gasteiger partial charge on any atom is -0.306 e. The number of hydrogen-bond donors (Lipinski definition) is 1. The third kappa shape index (κ3) is 2.03. The predicted molar refractivity (Wildman–Crippen MR) is 54.2 cm³/mol. The molecule has 14 heavy (non-hydrogen) atoms. The Balaban J connectivity index is 2.08. The molecule has 1 aliphatic rings. The van der Waals surface area contributed by atoms with E-state index < -0.39 is 9.84 Å². The number of aromatic nitrogens is 3. The molecule has 1 aromatic rings. The number of hydrogen-bond acceptors (Lipinski definition) is 4. The van der Waals surface area contributed by atoms with Crippen molar-refractivity contribution in [1.82, 2.24) is 14.8 Å². The first-order chi connectivity index (χ1) is 6.57. The van der Waals surface area contributed by atoms with Gasteiger partial charge in [0.05, 0.1) is 11.5 Å². The van der Waals surface area contributed by atoms with Gasteiger partial charge in [-0.1, -0.05) is 0 Å². The van der Waals surface area contributed by atoms with Crippen LogP contribution in [0, 0.1) is 10.7 Å². The summed E-state index contributed by atoms with van der Waals surface area (Å²) in [5.74, 6) is 0.771. The van der Waals surface area contributed by atoms with Crippen LogP contribution in [0.4, 0.5) is 0 Å². The summed E-state index contributed by atoms with van der Waals surface area (Å²) in [6.07, 6.45) is 2.34. The number of H-pyrrole nitrogens is 1. The van der Waals surface area contributed by atoms with E-state index in [1.165, 1.54) is 0 Å². The van der Waals surface area contributed by atoms with Crippen molar-refractivity contribution in [2.75, 3.05) is 11.5 Å². The fraction of sp³-hybridized carbons (Fsp3) is 0.714. The smallest absolute Gasteiger partial charge is 0.194 e. The van der Waals surface area contributed by atoms with Crippen LogP contribution in [0.25, 0.3) is 0 Å². The zero-order chi connectivity index (χ0) is 10.2. The molecule has 1 saturated heterocycles. The van der Waals surface area contributed by atoms with Gasteiger partial charge in [-0.2, -0.15) is 5.10 Å². The summed E-state index contributed by atoms with van der Waals surface area (Å²) in [6, 6.07) is 0. The van der Waals surface area contributed by atoms with Crippen molar-refractivity contribution in [2.24, 2.45) is 5.92 Å². The predicted octanol–water partition coefficient (Wildman–Crippen LogP) is 0.375. The molecule has 7 heteroatoms. The Morgan fingerprint density at radius 3 is 3.00 bits per heavy atom. The summed E-state index contributed by atoms with van der Waals surface area (Å²) in [4.78, 5) is 0. The number of nitrogens with zero attached hydrogens (tertiary/aromatic N) is 2. The number of sulfone groups is 1. The van der Waals surface area contributed by atoms with E-state index in [2.05, 4.69) is 10.2 Å². The molecule has 5 nitrogen and oxygen atoms in total. The van der Waals surface area contributed by atoms with Crippen molar-refractivity contribution in [2.45, 2.75) is 13.0 Å². The molecule has 1 N–H and O–H groups in total. The van der Waals surface area contributed by atoms with E-state index in [0.717, 1.165) is 6.42 Å². The lowest BCUT2D eigenvalue weighted by Gasteiger charge is -2.06. The van der Waals surface area contributed by atoms with Crippen molar-refractivity contribution in [3.05, 3.63) is 11.1 Å². The number of rotatable bonds is 2. The van der Waals surface area contributed by atoms with E-state index in [0.29, 0.717) is 17.1 Å². The maximum absolute atomic E-state index is 11.2. The van der Waals surface area contributed by atoms with Gasteiger partial charge in [-0.25, -0.2) is 8.42 Å². The van der Waals surface area contributed by atoms with Crippen molar-refractivity contribution in [1.29, 1.82) is 0 Å². The molecule has 1 fully saturated rings. The minimum absolute atomic E-state index is 0.185. The highest BCUT2D eigenvalue weighted by atomic mass is 32.2. The Morgan fingerprint density at radius 2 is 2.50 bits per heavy atom. The lowest BCUT2D eigenvalue weighted by Crippen LogP contribution is -2.11. The van der Waals surface area contributed by atoms with E-state index in [1.54, 1.807) is 10.9 Å². The fourth-order valence-corrected chi connectivity index (χ4v) is 3.72. The zero-order valence-electron chi connectivity index (χ0n) is 7.51. The van der Waals surface area contributed by atoms with Crippen LogP contribution < -0.4 is 0 Å². The highest BCUT2D eigenvalue weighted by Gasteiger charge is 2.27. The molecule has 0 spiro atoms. The van der Waals surface area contributed by atoms with Crippen molar-refractivity contribution >= 4 is 22.1 Å². The van der Waals surface area contributed by atoms with E-state index in [-0.39, 0.29) is 11.7 Å². The molecular weight excluding hydrogens is 222 g/mol. The summed E-state index contributed by atoms with van der Waals surface area (Å²) >= 11 is 4.97. The van der Waals surface area contributed by atoms with E-state index in [1.807, 2.05) is 0 Å². The second-order valence-corrected chi connectivity index (χ2v) is 6.20. The van der Waals surface area contributed by atoms with Crippen LogP contribution in [0.15, 0.2) is 6.33 Å². The largest absolute Gasteiger partial charge is 0.306 e. The van der Waals surface area contributed by atoms with Crippen molar-refractivity contribution in [3.8, 4) is 0 Å². The van der Waals surface area contributed by atoms with Crippen LogP contribution in [-0.4, -0.2) is 34.7 Å². The van der Waals surface area contributed by atoms with Crippen LogP contribution in [0.3, 0.4) is 0 Å². The molecule has 1 aromatic heterocycles. The van der Waals surface area contributed by atoms with Crippen molar-refractivity contribution < 1.29 is 8.42 Å². The normalized spacial score (nSPS) is 25.3. The average Bonchev–Trinajstić information content (AvgIpc) is 2.61. The Kier molecular flexibility index (Phi) is 2.44. The summed E-state index contributed by atoms with van der Waals surface area (Å²) in [5.41, 5.74) is 0. The first-order valence-electron chi connectivity index (χ1n) is 4.37. The van der Waals surface area contributed by atoms with Crippen LogP contribution in [0.5, 0.6) is 0 Å². The molecule has 0 aliphatic carbocycles. The van der Waals surface area contributed by atoms with Gasteiger partial charge >= 0.3 is 0 Å².